The molecule has 1 N–H and O–H groups in total. The Balaban J connectivity index is 1.29. The van der Waals surface area contributed by atoms with E-state index >= 15 is 0 Å². The minimum atomic E-state index is -0.422. The molecule has 0 bridgehead atoms. The fourth-order valence-corrected chi connectivity index (χ4v) is 4.38. The van der Waals surface area contributed by atoms with Crippen LogP contribution in [0.25, 0.3) is 0 Å². The molecular weight excluding hydrogens is 492 g/mol. The van der Waals surface area contributed by atoms with E-state index in [0.717, 1.165) is 41.2 Å². The highest BCUT2D eigenvalue weighted by Gasteiger charge is 2.29. The lowest BCUT2D eigenvalue weighted by Gasteiger charge is -2.35. The van der Waals surface area contributed by atoms with Crippen LogP contribution in [0, 0.1) is 10.1 Å². The quantitative estimate of drug-likeness (QED) is 0.388. The van der Waals surface area contributed by atoms with E-state index in [1.165, 1.54) is 6.33 Å². The summed E-state index contributed by atoms with van der Waals surface area (Å²) in [7, 11) is 0. The van der Waals surface area contributed by atoms with Gasteiger partial charge in [-0.1, -0.05) is 28.1 Å². The number of anilines is 3. The fraction of sp³-hybridized carbons (Fsp3) is 0.273. The monoisotopic (exact) mass is 512 g/mol. The first-order valence-electron chi connectivity index (χ1n) is 10.4. The second-order valence-corrected chi connectivity index (χ2v) is 8.65. The van der Waals surface area contributed by atoms with Crippen molar-refractivity contribution in [3.05, 3.63) is 68.9 Å². The van der Waals surface area contributed by atoms with Gasteiger partial charge >= 0.3 is 5.69 Å². The maximum atomic E-state index is 12.0. The molecule has 11 heteroatoms. The number of nitrogens with one attached hydrogen (secondary N) is 1. The highest BCUT2D eigenvalue weighted by atomic mass is 79.9. The van der Waals surface area contributed by atoms with E-state index in [4.69, 9.17) is 9.47 Å². The van der Waals surface area contributed by atoms with Crippen LogP contribution in [0.2, 0.25) is 0 Å². The number of rotatable bonds is 6. The van der Waals surface area contributed by atoms with E-state index < -0.39 is 4.92 Å². The molecule has 2 aromatic carbocycles. The number of nitrogens with zero attached hydrogens (tertiary/aromatic N) is 5. The summed E-state index contributed by atoms with van der Waals surface area (Å²) in [5.74, 6) is 2.04. The maximum Gasteiger partial charge on any atom is 0.353 e. The summed E-state index contributed by atoms with van der Waals surface area (Å²) >= 11 is 3.41. The van der Waals surface area contributed by atoms with E-state index in [0.29, 0.717) is 24.6 Å². The van der Waals surface area contributed by atoms with E-state index in [-0.39, 0.29) is 18.3 Å². The Labute approximate surface area is 198 Å². The number of piperazine rings is 1. The van der Waals surface area contributed by atoms with Gasteiger partial charge in [-0.3, -0.25) is 15.0 Å². The average molecular weight is 513 g/mol. The highest BCUT2D eigenvalue weighted by Crippen LogP contribution is 2.35. The van der Waals surface area contributed by atoms with Crippen LogP contribution < -0.4 is 19.7 Å². The lowest BCUT2D eigenvalue weighted by atomic mass is 10.1. The van der Waals surface area contributed by atoms with Crippen molar-refractivity contribution in [2.24, 2.45) is 0 Å². The average Bonchev–Trinajstić information content (AvgIpc) is 3.27. The number of hydrogen-bond acceptors (Lipinski definition) is 9. The van der Waals surface area contributed by atoms with Gasteiger partial charge in [0.1, 0.15) is 6.33 Å². The van der Waals surface area contributed by atoms with Crippen LogP contribution in [0.5, 0.6) is 11.5 Å². The zero-order valence-electron chi connectivity index (χ0n) is 17.6. The zero-order chi connectivity index (χ0) is 22.8. The summed E-state index contributed by atoms with van der Waals surface area (Å²) in [6.45, 7) is 3.78. The molecule has 1 saturated heterocycles. The Hall–Kier alpha value is -3.44. The molecule has 0 aliphatic carbocycles. The van der Waals surface area contributed by atoms with E-state index in [1.807, 2.05) is 47.4 Å². The number of nitro groups is 1. The normalized spacial score (nSPS) is 15.5. The van der Waals surface area contributed by atoms with Gasteiger partial charge in [-0.15, -0.1) is 0 Å². The number of benzene rings is 2. The molecule has 0 spiro atoms. The van der Waals surface area contributed by atoms with Crippen molar-refractivity contribution in [3.63, 3.8) is 0 Å². The second kappa shape index (κ2) is 9.20. The molecule has 0 atom stereocenters. The second-order valence-electron chi connectivity index (χ2n) is 7.74. The Morgan fingerprint density at radius 1 is 1.06 bits per heavy atom. The SMILES string of the molecule is O=[N+]([O-])c1c(Nc2cccc(Br)c2)ncnc1N1CCN(Cc2ccc3c(c2)OCO3)CC1. The van der Waals surface area contributed by atoms with Crippen LogP contribution in [0.15, 0.2) is 53.3 Å². The summed E-state index contributed by atoms with van der Waals surface area (Å²) in [5.41, 5.74) is 1.72. The van der Waals surface area contributed by atoms with Crippen molar-refractivity contribution in [2.45, 2.75) is 6.54 Å². The number of fused-ring (bicyclic) bond motifs is 1. The minimum Gasteiger partial charge on any atom is -0.454 e. The molecule has 170 valence electrons. The topological polar surface area (TPSA) is 106 Å². The fourth-order valence-electron chi connectivity index (χ4n) is 3.98. The summed E-state index contributed by atoms with van der Waals surface area (Å²) in [5, 5.41) is 15.0. The summed E-state index contributed by atoms with van der Waals surface area (Å²) < 4.78 is 11.7. The first-order chi connectivity index (χ1) is 16.1. The third kappa shape index (κ3) is 4.69. The largest absolute Gasteiger partial charge is 0.454 e. The van der Waals surface area contributed by atoms with Gasteiger partial charge in [0.2, 0.25) is 18.4 Å². The molecule has 5 rings (SSSR count). The molecule has 1 fully saturated rings. The molecule has 0 amide bonds. The number of hydrogen-bond donors (Lipinski definition) is 1. The number of aromatic nitrogens is 2. The van der Waals surface area contributed by atoms with Crippen molar-refractivity contribution in [3.8, 4) is 11.5 Å². The van der Waals surface area contributed by atoms with Crippen LogP contribution in [-0.4, -0.2) is 52.8 Å². The van der Waals surface area contributed by atoms with Gasteiger partial charge in [0.15, 0.2) is 11.5 Å². The van der Waals surface area contributed by atoms with Crippen LogP contribution >= 0.6 is 15.9 Å². The van der Waals surface area contributed by atoms with Crippen molar-refractivity contribution in [1.82, 2.24) is 14.9 Å². The van der Waals surface area contributed by atoms with E-state index in [2.05, 4.69) is 36.1 Å². The van der Waals surface area contributed by atoms with Gasteiger partial charge in [-0.2, -0.15) is 0 Å². The molecule has 0 saturated carbocycles. The van der Waals surface area contributed by atoms with Crippen LogP contribution in [-0.2, 0) is 6.54 Å². The molecule has 2 aliphatic rings. The van der Waals surface area contributed by atoms with Crippen molar-refractivity contribution < 1.29 is 14.4 Å². The molecule has 0 unspecified atom stereocenters. The van der Waals surface area contributed by atoms with Gasteiger partial charge in [0, 0.05) is 42.9 Å². The minimum absolute atomic E-state index is 0.123. The van der Waals surface area contributed by atoms with E-state index in [1.54, 1.807) is 0 Å². The molecule has 0 radical (unpaired) electrons. The number of ether oxygens (including phenoxy) is 2. The Morgan fingerprint density at radius 2 is 1.88 bits per heavy atom. The van der Waals surface area contributed by atoms with Crippen molar-refractivity contribution in [1.29, 1.82) is 0 Å². The lowest BCUT2D eigenvalue weighted by molar-refractivity contribution is -0.383. The van der Waals surface area contributed by atoms with Gasteiger partial charge in [0.25, 0.3) is 0 Å². The predicted molar refractivity (Wildman–Crippen MR) is 126 cm³/mol. The first-order valence-corrected chi connectivity index (χ1v) is 11.2. The van der Waals surface area contributed by atoms with Crippen LogP contribution in [0.3, 0.4) is 0 Å². The lowest BCUT2D eigenvalue weighted by Crippen LogP contribution is -2.46. The zero-order valence-corrected chi connectivity index (χ0v) is 19.2. The Kier molecular flexibility index (Phi) is 5.97. The Morgan fingerprint density at radius 3 is 2.67 bits per heavy atom. The van der Waals surface area contributed by atoms with Crippen molar-refractivity contribution in [2.75, 3.05) is 43.2 Å². The third-order valence-electron chi connectivity index (χ3n) is 5.59. The molecule has 10 nitrogen and oxygen atoms in total. The van der Waals surface area contributed by atoms with Crippen LogP contribution in [0.1, 0.15) is 5.56 Å². The molecule has 33 heavy (non-hydrogen) atoms. The van der Waals surface area contributed by atoms with Gasteiger partial charge in [-0.05, 0) is 35.9 Å². The van der Waals surface area contributed by atoms with Crippen molar-refractivity contribution >= 4 is 38.9 Å². The smallest absolute Gasteiger partial charge is 0.353 e. The highest BCUT2D eigenvalue weighted by molar-refractivity contribution is 9.10. The van der Waals surface area contributed by atoms with Gasteiger partial charge in [-0.25, -0.2) is 9.97 Å². The van der Waals surface area contributed by atoms with Gasteiger partial charge < -0.3 is 19.7 Å². The first kappa shape index (κ1) is 21.4. The summed E-state index contributed by atoms with van der Waals surface area (Å²) in [4.78, 5) is 24.2. The van der Waals surface area contributed by atoms with Crippen LogP contribution in [0.4, 0.5) is 23.0 Å². The molecule has 1 aromatic heterocycles. The third-order valence-corrected chi connectivity index (χ3v) is 6.08. The molecule has 3 aromatic rings. The maximum absolute atomic E-state index is 12.0. The molecule has 2 aliphatic heterocycles. The predicted octanol–water partition coefficient (Wildman–Crippen LogP) is 3.94. The Bertz CT molecular complexity index is 1190. The van der Waals surface area contributed by atoms with Gasteiger partial charge in [0.05, 0.1) is 4.92 Å². The van der Waals surface area contributed by atoms with E-state index in [9.17, 15) is 10.1 Å². The summed E-state index contributed by atoms with van der Waals surface area (Å²) in [6, 6.07) is 13.4. The molecular formula is C22H21BrN6O4. The molecule has 3 heterocycles. The standard InChI is InChI=1S/C22H21BrN6O4/c23-16-2-1-3-17(11-16)26-21-20(29(30)31)22(25-13-24-21)28-8-6-27(7-9-28)12-15-4-5-18-19(10-15)33-14-32-18/h1-5,10-11,13H,6-9,12,14H2,(H,24,25,26). The number of halogens is 1. The summed E-state index contributed by atoms with van der Waals surface area (Å²) in [6.07, 6.45) is 1.36.